The van der Waals surface area contributed by atoms with Crippen LogP contribution < -0.4 is 5.32 Å². The number of hydrogen-bond donors (Lipinski definition) is 1. The molecule has 0 aromatic carbocycles. The lowest BCUT2D eigenvalue weighted by Gasteiger charge is -2.32. The second-order valence-corrected chi connectivity index (χ2v) is 3.86. The van der Waals surface area contributed by atoms with Crippen LogP contribution in [0.3, 0.4) is 0 Å². The highest BCUT2D eigenvalue weighted by Crippen LogP contribution is 2.12. The number of ether oxygens (including phenoxy) is 2. The lowest BCUT2D eigenvalue weighted by Crippen LogP contribution is -2.48. The van der Waals surface area contributed by atoms with Crippen LogP contribution in [0, 0.1) is 5.92 Å². The third-order valence-corrected chi connectivity index (χ3v) is 2.34. The zero-order valence-corrected chi connectivity index (χ0v) is 8.88. The lowest BCUT2D eigenvalue weighted by atomic mass is 10.1. The molecular formula is C10H21NO2. The molecule has 1 aliphatic rings. The molecule has 0 aromatic rings. The molecule has 3 heteroatoms. The summed E-state index contributed by atoms with van der Waals surface area (Å²) >= 11 is 0. The smallest absolute Gasteiger partial charge is 0.0936 e. The van der Waals surface area contributed by atoms with Gasteiger partial charge in [0.05, 0.1) is 18.8 Å². The van der Waals surface area contributed by atoms with Gasteiger partial charge in [-0.25, -0.2) is 0 Å². The Labute approximate surface area is 80.8 Å². The van der Waals surface area contributed by atoms with Gasteiger partial charge < -0.3 is 14.8 Å². The molecule has 1 N–H and O–H groups in total. The molecule has 1 fully saturated rings. The summed E-state index contributed by atoms with van der Waals surface area (Å²) in [5.41, 5.74) is 0. The van der Waals surface area contributed by atoms with Crippen molar-refractivity contribution in [1.29, 1.82) is 0 Å². The molecule has 0 saturated carbocycles. The Bertz CT molecular complexity index is 139. The van der Waals surface area contributed by atoms with Crippen molar-refractivity contribution in [1.82, 2.24) is 5.32 Å². The number of nitrogens with one attached hydrogen (secondary N) is 1. The molecule has 13 heavy (non-hydrogen) atoms. The quantitative estimate of drug-likeness (QED) is 0.713. The van der Waals surface area contributed by atoms with Gasteiger partial charge in [0.15, 0.2) is 0 Å². The van der Waals surface area contributed by atoms with Gasteiger partial charge in [-0.15, -0.1) is 0 Å². The zero-order valence-electron chi connectivity index (χ0n) is 8.88. The fourth-order valence-electron chi connectivity index (χ4n) is 1.47. The summed E-state index contributed by atoms with van der Waals surface area (Å²) < 4.78 is 11.2. The Morgan fingerprint density at radius 2 is 2.23 bits per heavy atom. The minimum absolute atomic E-state index is 0.237. The maximum absolute atomic E-state index is 5.86. The van der Waals surface area contributed by atoms with Crippen LogP contribution in [-0.2, 0) is 9.47 Å². The molecule has 1 aliphatic heterocycles. The van der Waals surface area contributed by atoms with Crippen molar-refractivity contribution in [2.24, 2.45) is 5.92 Å². The first-order chi connectivity index (χ1) is 6.24. The average Bonchev–Trinajstić information content (AvgIpc) is 2.15. The summed E-state index contributed by atoms with van der Waals surface area (Å²) in [4.78, 5) is 0. The van der Waals surface area contributed by atoms with Crippen LogP contribution in [0.15, 0.2) is 0 Å². The van der Waals surface area contributed by atoms with Crippen LogP contribution in [-0.4, -0.2) is 38.5 Å². The van der Waals surface area contributed by atoms with Gasteiger partial charge in [0.1, 0.15) is 0 Å². The van der Waals surface area contributed by atoms with E-state index in [4.69, 9.17) is 9.47 Å². The third-order valence-electron chi connectivity index (χ3n) is 2.34. The molecule has 0 aliphatic carbocycles. The van der Waals surface area contributed by atoms with Crippen LogP contribution in [0.4, 0.5) is 0 Å². The third kappa shape index (κ3) is 3.63. The van der Waals surface area contributed by atoms with Gasteiger partial charge in [-0.05, 0) is 12.8 Å². The summed E-state index contributed by atoms with van der Waals surface area (Å²) in [6, 6.07) is 0. The van der Waals surface area contributed by atoms with Gasteiger partial charge in [0.2, 0.25) is 0 Å². The van der Waals surface area contributed by atoms with Crippen molar-refractivity contribution >= 4 is 0 Å². The molecule has 1 heterocycles. The van der Waals surface area contributed by atoms with Gasteiger partial charge in [0, 0.05) is 19.7 Å². The van der Waals surface area contributed by atoms with Gasteiger partial charge in [-0.3, -0.25) is 0 Å². The van der Waals surface area contributed by atoms with E-state index in [1.54, 1.807) is 0 Å². The zero-order chi connectivity index (χ0) is 9.68. The van der Waals surface area contributed by atoms with Crippen molar-refractivity contribution in [2.45, 2.75) is 33.0 Å². The molecule has 2 unspecified atom stereocenters. The Balaban J connectivity index is 2.25. The van der Waals surface area contributed by atoms with E-state index in [1.807, 2.05) is 6.92 Å². The highest BCUT2D eigenvalue weighted by atomic mass is 16.5. The van der Waals surface area contributed by atoms with Crippen molar-refractivity contribution in [2.75, 3.05) is 26.3 Å². The summed E-state index contributed by atoms with van der Waals surface area (Å²) in [7, 11) is 0. The predicted octanol–water partition coefficient (Wildman–Crippen LogP) is 1.04. The Hall–Kier alpha value is -0.120. The molecule has 2 atom stereocenters. The minimum atomic E-state index is 0.237. The van der Waals surface area contributed by atoms with E-state index in [2.05, 4.69) is 19.2 Å². The number of rotatable bonds is 4. The topological polar surface area (TPSA) is 30.5 Å². The van der Waals surface area contributed by atoms with E-state index in [0.29, 0.717) is 18.6 Å². The van der Waals surface area contributed by atoms with Gasteiger partial charge >= 0.3 is 0 Å². The maximum Gasteiger partial charge on any atom is 0.0936 e. The molecule has 0 amide bonds. The Morgan fingerprint density at radius 1 is 1.46 bits per heavy atom. The second-order valence-electron chi connectivity index (χ2n) is 3.86. The highest BCUT2D eigenvalue weighted by Gasteiger charge is 2.23. The molecular weight excluding hydrogens is 166 g/mol. The molecule has 0 bridgehead atoms. The second kappa shape index (κ2) is 5.58. The first-order valence-electron chi connectivity index (χ1n) is 5.18. The van der Waals surface area contributed by atoms with E-state index in [-0.39, 0.29) is 6.10 Å². The van der Waals surface area contributed by atoms with Crippen molar-refractivity contribution < 1.29 is 9.47 Å². The highest BCUT2D eigenvalue weighted by molar-refractivity contribution is 4.76. The summed E-state index contributed by atoms with van der Waals surface area (Å²) in [5, 5.41) is 3.37. The van der Waals surface area contributed by atoms with Gasteiger partial charge in [-0.2, -0.15) is 0 Å². The molecule has 0 spiro atoms. The van der Waals surface area contributed by atoms with Gasteiger partial charge in [-0.1, -0.05) is 13.8 Å². The van der Waals surface area contributed by atoms with Gasteiger partial charge in [0.25, 0.3) is 0 Å². The van der Waals surface area contributed by atoms with Crippen LogP contribution in [0.5, 0.6) is 0 Å². The summed E-state index contributed by atoms with van der Waals surface area (Å²) in [6.07, 6.45) is 0.584. The normalized spacial score (nSPS) is 29.5. The fraction of sp³-hybridized carbons (Fsp3) is 1.00. The van der Waals surface area contributed by atoms with E-state index >= 15 is 0 Å². The predicted molar refractivity (Wildman–Crippen MR) is 52.9 cm³/mol. The molecule has 0 aromatic heterocycles. The molecule has 78 valence electrons. The van der Waals surface area contributed by atoms with E-state index in [0.717, 1.165) is 19.7 Å². The van der Waals surface area contributed by atoms with E-state index < -0.39 is 0 Å². The first kappa shape index (κ1) is 11.0. The molecule has 0 radical (unpaired) electrons. The summed E-state index contributed by atoms with van der Waals surface area (Å²) in [6.45, 7) is 9.77. The number of morpholine rings is 1. The average molecular weight is 187 g/mol. The monoisotopic (exact) mass is 187 g/mol. The first-order valence-corrected chi connectivity index (χ1v) is 5.18. The maximum atomic E-state index is 5.86. The molecule has 1 saturated heterocycles. The molecule has 3 nitrogen and oxygen atoms in total. The minimum Gasteiger partial charge on any atom is -0.379 e. The molecule has 1 rings (SSSR count). The van der Waals surface area contributed by atoms with Crippen LogP contribution >= 0.6 is 0 Å². The SMILES string of the molecule is CCOCC1CNCC(C(C)C)O1. The lowest BCUT2D eigenvalue weighted by molar-refractivity contribution is -0.0896. The van der Waals surface area contributed by atoms with Crippen molar-refractivity contribution in [3.8, 4) is 0 Å². The van der Waals surface area contributed by atoms with Crippen LogP contribution in [0.25, 0.3) is 0 Å². The van der Waals surface area contributed by atoms with Crippen molar-refractivity contribution in [3.05, 3.63) is 0 Å². The Kier molecular flexibility index (Phi) is 4.70. The van der Waals surface area contributed by atoms with Crippen LogP contribution in [0.1, 0.15) is 20.8 Å². The number of hydrogen-bond acceptors (Lipinski definition) is 3. The Morgan fingerprint density at radius 3 is 2.85 bits per heavy atom. The van der Waals surface area contributed by atoms with Crippen molar-refractivity contribution in [3.63, 3.8) is 0 Å². The summed E-state index contributed by atoms with van der Waals surface area (Å²) in [5.74, 6) is 0.580. The largest absolute Gasteiger partial charge is 0.379 e. The standard InChI is InChI=1S/C10H21NO2/c1-4-12-7-9-5-11-6-10(13-9)8(2)3/h8-11H,4-7H2,1-3H3. The van der Waals surface area contributed by atoms with E-state index in [1.165, 1.54) is 0 Å². The fourth-order valence-corrected chi connectivity index (χ4v) is 1.47. The van der Waals surface area contributed by atoms with E-state index in [9.17, 15) is 0 Å². The van der Waals surface area contributed by atoms with Crippen LogP contribution in [0.2, 0.25) is 0 Å².